The first kappa shape index (κ1) is 8.53. The Morgan fingerprint density at radius 1 is 1.73 bits per heavy atom. The minimum atomic E-state index is -0.539. The molecule has 0 spiro atoms. The Kier molecular flexibility index (Phi) is 2.49. The van der Waals surface area contributed by atoms with Crippen LogP contribution in [0.1, 0.15) is 26.7 Å². The van der Waals surface area contributed by atoms with Crippen molar-refractivity contribution in [3.8, 4) is 0 Å². The molecule has 1 aliphatic rings. The standard InChI is InChI=1S/C8H15NO2/c1-3-4-9-7(10)5-6(2)8(9)11/h6,8,11H,3-5H2,1-2H3. The van der Waals surface area contributed by atoms with Crippen molar-refractivity contribution in [2.75, 3.05) is 6.54 Å². The van der Waals surface area contributed by atoms with E-state index in [0.717, 1.165) is 6.42 Å². The summed E-state index contributed by atoms with van der Waals surface area (Å²) in [5.41, 5.74) is 0. The molecule has 0 aromatic carbocycles. The number of amides is 1. The molecule has 0 aliphatic carbocycles. The Morgan fingerprint density at radius 2 is 2.36 bits per heavy atom. The van der Waals surface area contributed by atoms with E-state index in [0.29, 0.717) is 13.0 Å². The number of rotatable bonds is 2. The summed E-state index contributed by atoms with van der Waals surface area (Å²) in [5.74, 6) is 0.195. The van der Waals surface area contributed by atoms with Crippen LogP contribution in [0.25, 0.3) is 0 Å². The largest absolute Gasteiger partial charge is 0.373 e. The highest BCUT2D eigenvalue weighted by atomic mass is 16.3. The maximum absolute atomic E-state index is 11.2. The van der Waals surface area contributed by atoms with Crippen LogP contribution in [0.3, 0.4) is 0 Å². The number of likely N-dealkylation sites (tertiary alicyclic amines) is 1. The molecule has 0 saturated carbocycles. The van der Waals surface area contributed by atoms with Crippen LogP contribution in [-0.4, -0.2) is 28.7 Å². The molecule has 1 fully saturated rings. The van der Waals surface area contributed by atoms with Gasteiger partial charge in [0.15, 0.2) is 0 Å². The van der Waals surface area contributed by atoms with Crippen LogP contribution in [0.4, 0.5) is 0 Å². The molecule has 2 unspecified atom stereocenters. The third-order valence-electron chi connectivity index (χ3n) is 2.11. The molecule has 2 atom stereocenters. The van der Waals surface area contributed by atoms with Crippen molar-refractivity contribution in [1.29, 1.82) is 0 Å². The van der Waals surface area contributed by atoms with E-state index in [2.05, 4.69) is 0 Å². The number of nitrogens with zero attached hydrogens (tertiary/aromatic N) is 1. The smallest absolute Gasteiger partial charge is 0.225 e. The van der Waals surface area contributed by atoms with Crippen molar-refractivity contribution < 1.29 is 9.90 Å². The first-order valence-electron chi connectivity index (χ1n) is 4.14. The first-order valence-corrected chi connectivity index (χ1v) is 4.14. The molecule has 11 heavy (non-hydrogen) atoms. The molecule has 64 valence electrons. The maximum Gasteiger partial charge on any atom is 0.225 e. The van der Waals surface area contributed by atoms with Crippen molar-refractivity contribution in [3.63, 3.8) is 0 Å². The van der Waals surface area contributed by atoms with Crippen molar-refractivity contribution in [1.82, 2.24) is 4.90 Å². The average Bonchev–Trinajstić information content (AvgIpc) is 2.17. The monoisotopic (exact) mass is 157 g/mol. The van der Waals surface area contributed by atoms with Gasteiger partial charge >= 0.3 is 0 Å². The second kappa shape index (κ2) is 3.22. The molecule has 1 saturated heterocycles. The van der Waals surface area contributed by atoms with Crippen LogP contribution < -0.4 is 0 Å². The van der Waals surface area contributed by atoms with Gasteiger partial charge in [-0.25, -0.2) is 0 Å². The van der Waals surface area contributed by atoms with Gasteiger partial charge in [0.25, 0.3) is 0 Å². The van der Waals surface area contributed by atoms with Crippen molar-refractivity contribution in [3.05, 3.63) is 0 Å². The van der Waals surface area contributed by atoms with Gasteiger partial charge in [0.2, 0.25) is 5.91 Å². The Bertz CT molecular complexity index is 158. The molecular weight excluding hydrogens is 142 g/mol. The second-order valence-electron chi connectivity index (χ2n) is 3.18. The molecule has 0 bridgehead atoms. The number of aliphatic hydroxyl groups is 1. The lowest BCUT2D eigenvalue weighted by Gasteiger charge is -2.20. The van der Waals surface area contributed by atoms with E-state index in [1.165, 1.54) is 0 Å². The molecule has 3 heteroatoms. The number of hydrogen-bond acceptors (Lipinski definition) is 2. The fourth-order valence-electron chi connectivity index (χ4n) is 1.45. The topological polar surface area (TPSA) is 40.5 Å². The fourth-order valence-corrected chi connectivity index (χ4v) is 1.45. The third-order valence-corrected chi connectivity index (χ3v) is 2.11. The Labute approximate surface area is 67.0 Å². The molecule has 3 nitrogen and oxygen atoms in total. The van der Waals surface area contributed by atoms with E-state index in [1.54, 1.807) is 4.90 Å². The number of hydrogen-bond donors (Lipinski definition) is 1. The lowest BCUT2D eigenvalue weighted by Crippen LogP contribution is -2.35. The van der Waals surface area contributed by atoms with Gasteiger partial charge < -0.3 is 10.0 Å². The van der Waals surface area contributed by atoms with Crippen LogP contribution in [-0.2, 0) is 4.79 Å². The molecule has 1 aliphatic heterocycles. The normalized spacial score (nSPS) is 31.5. The second-order valence-corrected chi connectivity index (χ2v) is 3.18. The Balaban J connectivity index is 2.56. The summed E-state index contributed by atoms with van der Waals surface area (Å²) in [6.45, 7) is 4.59. The molecular formula is C8H15NO2. The van der Waals surface area contributed by atoms with Crippen LogP contribution in [0.2, 0.25) is 0 Å². The van der Waals surface area contributed by atoms with Gasteiger partial charge in [-0.1, -0.05) is 13.8 Å². The third kappa shape index (κ3) is 1.53. The number of carbonyl (C=O) groups is 1. The van der Waals surface area contributed by atoms with Crippen LogP contribution in [0.5, 0.6) is 0 Å². The summed E-state index contributed by atoms with van der Waals surface area (Å²) in [7, 11) is 0. The molecule has 1 N–H and O–H groups in total. The Morgan fingerprint density at radius 3 is 2.73 bits per heavy atom. The van der Waals surface area contributed by atoms with Crippen molar-refractivity contribution >= 4 is 5.91 Å². The van der Waals surface area contributed by atoms with Crippen molar-refractivity contribution in [2.45, 2.75) is 32.9 Å². The van der Waals surface area contributed by atoms with Gasteiger partial charge in [-0.2, -0.15) is 0 Å². The fraction of sp³-hybridized carbons (Fsp3) is 0.875. The lowest BCUT2D eigenvalue weighted by atomic mass is 10.1. The minimum absolute atomic E-state index is 0.0897. The average molecular weight is 157 g/mol. The van der Waals surface area contributed by atoms with Gasteiger partial charge in [0.05, 0.1) is 0 Å². The summed E-state index contributed by atoms with van der Waals surface area (Å²) in [6.07, 6.45) is 0.874. The van der Waals surface area contributed by atoms with E-state index < -0.39 is 6.23 Å². The molecule has 1 rings (SSSR count). The summed E-state index contributed by atoms with van der Waals surface area (Å²) in [6, 6.07) is 0. The van der Waals surface area contributed by atoms with Gasteiger partial charge in [-0.15, -0.1) is 0 Å². The van der Waals surface area contributed by atoms with Gasteiger partial charge in [-0.3, -0.25) is 4.79 Å². The molecule has 0 aromatic rings. The van der Waals surface area contributed by atoms with E-state index in [-0.39, 0.29) is 11.8 Å². The summed E-state index contributed by atoms with van der Waals surface area (Å²) in [4.78, 5) is 12.7. The zero-order valence-corrected chi connectivity index (χ0v) is 7.08. The van der Waals surface area contributed by atoms with Crippen LogP contribution in [0.15, 0.2) is 0 Å². The van der Waals surface area contributed by atoms with E-state index in [9.17, 15) is 9.90 Å². The number of carbonyl (C=O) groups excluding carboxylic acids is 1. The predicted molar refractivity (Wildman–Crippen MR) is 41.8 cm³/mol. The summed E-state index contributed by atoms with van der Waals surface area (Å²) in [5, 5.41) is 9.46. The highest BCUT2D eigenvalue weighted by molar-refractivity contribution is 5.78. The first-order chi connectivity index (χ1) is 5.16. The molecule has 1 heterocycles. The molecule has 1 amide bonds. The zero-order valence-electron chi connectivity index (χ0n) is 7.08. The van der Waals surface area contributed by atoms with E-state index in [4.69, 9.17) is 0 Å². The Hall–Kier alpha value is -0.570. The quantitative estimate of drug-likeness (QED) is 0.637. The highest BCUT2D eigenvalue weighted by Crippen LogP contribution is 2.22. The lowest BCUT2D eigenvalue weighted by molar-refractivity contribution is -0.133. The van der Waals surface area contributed by atoms with Gasteiger partial charge in [-0.05, 0) is 6.42 Å². The molecule has 0 radical (unpaired) electrons. The maximum atomic E-state index is 11.2. The van der Waals surface area contributed by atoms with Gasteiger partial charge in [0.1, 0.15) is 6.23 Å². The summed E-state index contributed by atoms with van der Waals surface area (Å²) < 4.78 is 0. The number of aliphatic hydroxyl groups excluding tert-OH is 1. The zero-order chi connectivity index (χ0) is 8.43. The SMILES string of the molecule is CCCN1C(=O)CC(C)C1O. The van der Waals surface area contributed by atoms with Crippen LogP contribution in [0, 0.1) is 5.92 Å². The predicted octanol–water partition coefficient (Wildman–Crippen LogP) is 0.583. The minimum Gasteiger partial charge on any atom is -0.373 e. The highest BCUT2D eigenvalue weighted by Gasteiger charge is 2.34. The van der Waals surface area contributed by atoms with E-state index >= 15 is 0 Å². The van der Waals surface area contributed by atoms with E-state index in [1.807, 2.05) is 13.8 Å². The molecule has 0 aromatic heterocycles. The van der Waals surface area contributed by atoms with Crippen LogP contribution >= 0.6 is 0 Å². The van der Waals surface area contributed by atoms with Crippen molar-refractivity contribution in [2.24, 2.45) is 5.92 Å². The summed E-state index contributed by atoms with van der Waals surface area (Å²) >= 11 is 0. The van der Waals surface area contributed by atoms with Gasteiger partial charge in [0, 0.05) is 18.9 Å².